The monoisotopic (exact) mass is 446 g/mol. The van der Waals surface area contributed by atoms with Gasteiger partial charge in [-0.3, -0.25) is 9.48 Å². The summed E-state index contributed by atoms with van der Waals surface area (Å²) < 4.78 is 68.2. The fraction of sp³-hybridized carbons (Fsp3) is 0.118. The number of nitrogens with one attached hydrogen (secondary N) is 1. The Morgan fingerprint density at radius 1 is 1.31 bits per heavy atom. The van der Waals surface area contributed by atoms with Crippen molar-refractivity contribution in [2.24, 2.45) is 7.05 Å². The minimum absolute atomic E-state index is 0.0884. The number of halogens is 6. The lowest BCUT2D eigenvalue weighted by molar-refractivity contribution is -0.141. The summed E-state index contributed by atoms with van der Waals surface area (Å²) in [4.78, 5) is 12.7. The first-order valence-electron chi connectivity index (χ1n) is 7.63. The number of carbonyl (C=O) groups is 1. The molecule has 12 heteroatoms. The smallest absolute Gasteiger partial charge is 0.348 e. The SMILES string of the molecule is Cn1nc(C(F)(F)F)c(C(=O)C(C#N)=C2NC(c3c(F)cccc3F)=CS2)c1Cl. The van der Waals surface area contributed by atoms with Gasteiger partial charge in [-0.2, -0.15) is 23.5 Å². The predicted molar refractivity (Wildman–Crippen MR) is 95.3 cm³/mol. The minimum atomic E-state index is -4.99. The van der Waals surface area contributed by atoms with E-state index in [0.717, 1.165) is 37.0 Å². The third-order valence-corrected chi connectivity index (χ3v) is 5.14. The number of alkyl halides is 3. The van der Waals surface area contributed by atoms with Gasteiger partial charge < -0.3 is 5.32 Å². The van der Waals surface area contributed by atoms with Gasteiger partial charge in [-0.15, -0.1) is 0 Å². The molecule has 2 heterocycles. The molecule has 5 nitrogen and oxygen atoms in total. The third-order valence-electron chi connectivity index (χ3n) is 3.81. The van der Waals surface area contributed by atoms with E-state index in [4.69, 9.17) is 11.6 Å². The summed E-state index contributed by atoms with van der Waals surface area (Å²) in [5, 5.41) is 15.5. The highest BCUT2D eigenvalue weighted by atomic mass is 35.5. The number of hydrogen-bond acceptors (Lipinski definition) is 5. The Morgan fingerprint density at radius 2 is 1.93 bits per heavy atom. The fourth-order valence-corrected chi connectivity index (χ4v) is 3.58. The van der Waals surface area contributed by atoms with Crippen LogP contribution in [0.25, 0.3) is 5.70 Å². The number of thioether (sulfide) groups is 1. The Kier molecular flexibility index (Phi) is 5.42. The van der Waals surface area contributed by atoms with Crippen LogP contribution >= 0.6 is 23.4 Å². The van der Waals surface area contributed by atoms with Crippen molar-refractivity contribution < 1.29 is 26.7 Å². The lowest BCUT2D eigenvalue weighted by Gasteiger charge is -2.09. The molecule has 1 aromatic heterocycles. The second kappa shape index (κ2) is 7.53. The molecule has 150 valence electrons. The van der Waals surface area contributed by atoms with Gasteiger partial charge >= 0.3 is 6.18 Å². The van der Waals surface area contributed by atoms with E-state index >= 15 is 0 Å². The molecule has 0 saturated heterocycles. The molecule has 0 radical (unpaired) electrons. The van der Waals surface area contributed by atoms with Crippen molar-refractivity contribution in [3.05, 3.63) is 67.8 Å². The number of nitriles is 1. The Hall–Kier alpha value is -2.84. The summed E-state index contributed by atoms with van der Waals surface area (Å²) in [6.45, 7) is 0. The van der Waals surface area contributed by atoms with Gasteiger partial charge in [0.1, 0.15) is 28.4 Å². The first-order valence-corrected chi connectivity index (χ1v) is 8.89. The maximum atomic E-state index is 13.9. The van der Waals surface area contributed by atoms with Crippen LogP contribution in [0.5, 0.6) is 0 Å². The summed E-state index contributed by atoms with van der Waals surface area (Å²) in [5.74, 6) is -3.12. The zero-order chi connectivity index (χ0) is 21.5. The van der Waals surface area contributed by atoms with Crippen molar-refractivity contribution in [3.63, 3.8) is 0 Å². The normalized spacial score (nSPS) is 15.6. The number of carbonyl (C=O) groups excluding carboxylic acids is 1. The predicted octanol–water partition coefficient (Wildman–Crippen LogP) is 4.62. The summed E-state index contributed by atoms with van der Waals surface area (Å²) in [6.07, 6.45) is -4.99. The summed E-state index contributed by atoms with van der Waals surface area (Å²) in [6, 6.07) is 4.69. The molecular weight excluding hydrogens is 439 g/mol. The zero-order valence-electron chi connectivity index (χ0n) is 14.2. The van der Waals surface area contributed by atoms with Crippen molar-refractivity contribution in [2.75, 3.05) is 0 Å². The Morgan fingerprint density at radius 3 is 2.48 bits per heavy atom. The first kappa shape index (κ1) is 20.9. The van der Waals surface area contributed by atoms with E-state index in [2.05, 4.69) is 10.4 Å². The number of benzene rings is 1. The molecular formula is C17H8ClF5N4OS. The van der Waals surface area contributed by atoms with Crippen LogP contribution in [0.15, 0.2) is 34.2 Å². The van der Waals surface area contributed by atoms with Crippen LogP contribution in [-0.4, -0.2) is 15.6 Å². The van der Waals surface area contributed by atoms with E-state index in [1.807, 2.05) is 0 Å². The van der Waals surface area contributed by atoms with Gasteiger partial charge in [0, 0.05) is 12.5 Å². The van der Waals surface area contributed by atoms with Crippen molar-refractivity contribution >= 4 is 34.8 Å². The van der Waals surface area contributed by atoms with Gasteiger partial charge in [0.2, 0.25) is 5.78 Å². The molecule has 0 amide bonds. The van der Waals surface area contributed by atoms with E-state index in [0.29, 0.717) is 4.68 Å². The standard InChI is InChI=1S/C17H8ClF5N4OS/c1-27-15(18)12(14(26-27)17(21,22)23)13(28)7(5-24)16-25-10(6-29-16)11-8(19)3-2-4-9(11)20/h2-4,6,25H,1H3. The molecule has 0 saturated carbocycles. The maximum Gasteiger partial charge on any atom is 0.435 e. The Balaban J connectivity index is 2.04. The van der Waals surface area contributed by atoms with E-state index < -0.39 is 51.1 Å². The van der Waals surface area contributed by atoms with Gasteiger partial charge in [-0.05, 0) is 12.1 Å². The molecule has 0 unspecified atom stereocenters. The van der Waals surface area contributed by atoms with Crippen LogP contribution in [0.1, 0.15) is 21.6 Å². The quantitative estimate of drug-likeness (QED) is 0.322. The van der Waals surface area contributed by atoms with Crippen molar-refractivity contribution in [1.82, 2.24) is 15.1 Å². The van der Waals surface area contributed by atoms with E-state index in [-0.39, 0.29) is 10.7 Å². The third kappa shape index (κ3) is 3.73. The van der Waals surface area contributed by atoms with Crippen molar-refractivity contribution in [2.45, 2.75) is 6.18 Å². The van der Waals surface area contributed by atoms with Crippen LogP contribution in [0.4, 0.5) is 22.0 Å². The first-order chi connectivity index (χ1) is 13.6. The molecule has 29 heavy (non-hydrogen) atoms. The van der Waals surface area contributed by atoms with Gasteiger partial charge in [-0.1, -0.05) is 29.4 Å². The van der Waals surface area contributed by atoms with Crippen LogP contribution in [0.2, 0.25) is 5.15 Å². The minimum Gasteiger partial charge on any atom is -0.348 e. The molecule has 1 aliphatic rings. The van der Waals surface area contributed by atoms with E-state index in [9.17, 15) is 32.0 Å². The van der Waals surface area contributed by atoms with Crippen molar-refractivity contribution in [1.29, 1.82) is 5.26 Å². The van der Waals surface area contributed by atoms with Crippen LogP contribution in [-0.2, 0) is 13.2 Å². The molecule has 1 aliphatic heterocycles. The number of aryl methyl sites for hydroxylation is 1. The Bertz CT molecular complexity index is 1110. The van der Waals surface area contributed by atoms with Crippen molar-refractivity contribution in [3.8, 4) is 6.07 Å². The molecule has 0 bridgehead atoms. The van der Waals surface area contributed by atoms with E-state index in [1.54, 1.807) is 0 Å². The molecule has 0 atom stereocenters. The second-order valence-electron chi connectivity index (χ2n) is 5.65. The number of aromatic nitrogens is 2. The van der Waals surface area contributed by atoms with Crippen LogP contribution in [0, 0.1) is 23.0 Å². The lowest BCUT2D eigenvalue weighted by atomic mass is 10.1. The summed E-state index contributed by atoms with van der Waals surface area (Å²) in [7, 11) is 1.11. The molecule has 1 N–H and O–H groups in total. The topological polar surface area (TPSA) is 70.7 Å². The number of allylic oxidation sites excluding steroid dienone is 1. The zero-order valence-corrected chi connectivity index (χ0v) is 15.8. The maximum absolute atomic E-state index is 13.9. The Labute approximate surface area is 169 Å². The van der Waals surface area contributed by atoms with Crippen LogP contribution in [0.3, 0.4) is 0 Å². The fourth-order valence-electron chi connectivity index (χ4n) is 2.53. The highest BCUT2D eigenvalue weighted by Gasteiger charge is 2.42. The lowest BCUT2D eigenvalue weighted by Crippen LogP contribution is -2.17. The van der Waals surface area contributed by atoms with Gasteiger partial charge in [0.15, 0.2) is 5.69 Å². The van der Waals surface area contributed by atoms with E-state index in [1.165, 1.54) is 11.5 Å². The number of ketones is 1. The molecule has 2 aromatic rings. The van der Waals surface area contributed by atoms with Gasteiger partial charge in [-0.25, -0.2) is 8.78 Å². The summed E-state index contributed by atoms with van der Waals surface area (Å²) in [5.41, 5.74) is -3.76. The molecule has 0 fully saturated rings. The molecule has 3 rings (SSSR count). The summed E-state index contributed by atoms with van der Waals surface area (Å²) >= 11 is 6.52. The number of nitrogens with zero attached hydrogens (tertiary/aromatic N) is 3. The number of Topliss-reactive ketones (excluding diaryl/α,β-unsaturated/α-hetero) is 1. The largest absolute Gasteiger partial charge is 0.435 e. The molecule has 0 aliphatic carbocycles. The highest BCUT2D eigenvalue weighted by Crippen LogP contribution is 2.38. The van der Waals surface area contributed by atoms with Crippen LogP contribution < -0.4 is 5.32 Å². The number of rotatable bonds is 3. The number of hydrogen-bond donors (Lipinski definition) is 1. The average Bonchev–Trinajstić information content (AvgIpc) is 3.21. The highest BCUT2D eigenvalue weighted by molar-refractivity contribution is 8.06. The molecule has 1 aromatic carbocycles. The second-order valence-corrected chi connectivity index (χ2v) is 6.89. The van der Waals surface area contributed by atoms with Gasteiger partial charge in [0.05, 0.1) is 21.9 Å². The average molecular weight is 447 g/mol. The molecule has 0 spiro atoms. The van der Waals surface area contributed by atoms with Gasteiger partial charge in [0.25, 0.3) is 0 Å².